The fraction of sp³-hybridized carbons (Fsp3) is 0. The van der Waals surface area contributed by atoms with Gasteiger partial charge in [0.25, 0.3) is 0 Å². The zero-order valence-corrected chi connectivity index (χ0v) is 6.08. The van der Waals surface area contributed by atoms with Crippen LogP contribution in [0.3, 0.4) is 0 Å². The Bertz CT molecular complexity index is 94.9. The first-order chi connectivity index (χ1) is 2.00. The molecule has 0 saturated carbocycles. The summed E-state index contributed by atoms with van der Waals surface area (Å²) in [7, 11) is -5.17. The summed E-state index contributed by atoms with van der Waals surface area (Å²) in [5.41, 5.74) is 0. The third kappa shape index (κ3) is 186. The molecule has 0 aliphatic rings. The molecule has 2 radical (unpaired) electrons. The standard InChI is InChI=1S/Co.H2O4S.V/c;1-5(2,3)4;/h;(H2,1,2,3,4);/q+2;;/p-2. The predicted octanol–water partition coefficient (Wildman–Crippen LogP) is -1.34. The first kappa shape index (κ1) is 15.7. The van der Waals surface area contributed by atoms with Crippen LogP contribution >= 0.6 is 0 Å². The van der Waals surface area contributed by atoms with Crippen LogP contribution in [-0.2, 0) is 45.7 Å². The minimum atomic E-state index is -5.17. The third-order valence-corrected chi connectivity index (χ3v) is 0. The molecule has 0 bridgehead atoms. The van der Waals surface area contributed by atoms with Crippen molar-refractivity contribution in [2.45, 2.75) is 0 Å². The monoisotopic (exact) mass is 206 g/mol. The average molecular weight is 206 g/mol. The second-order valence-electron chi connectivity index (χ2n) is 0.408. The molecule has 0 amide bonds. The van der Waals surface area contributed by atoms with Crippen molar-refractivity contribution < 1.29 is 52.9 Å². The van der Waals surface area contributed by atoms with E-state index in [0.717, 1.165) is 0 Å². The van der Waals surface area contributed by atoms with Gasteiger partial charge in [-0.2, -0.15) is 0 Å². The molecule has 0 aromatic rings. The van der Waals surface area contributed by atoms with Crippen molar-refractivity contribution in [2.24, 2.45) is 0 Å². The molecule has 0 aromatic carbocycles. The molecule has 0 aromatic heterocycles. The van der Waals surface area contributed by atoms with Gasteiger partial charge in [0.05, 0.1) is 0 Å². The van der Waals surface area contributed by atoms with Gasteiger partial charge >= 0.3 is 16.8 Å². The van der Waals surface area contributed by atoms with E-state index in [2.05, 4.69) is 0 Å². The molecule has 0 heterocycles. The first-order valence-electron chi connectivity index (χ1n) is 0.667. The van der Waals surface area contributed by atoms with E-state index in [0.29, 0.717) is 0 Å². The van der Waals surface area contributed by atoms with Crippen LogP contribution in [0.5, 0.6) is 0 Å². The molecule has 0 atom stereocenters. The zero-order chi connectivity index (χ0) is 4.50. The maximum absolute atomic E-state index is 8.52. The molecule has 4 nitrogen and oxygen atoms in total. The summed E-state index contributed by atoms with van der Waals surface area (Å²) in [5.74, 6) is 0. The van der Waals surface area contributed by atoms with Gasteiger partial charge in [0.15, 0.2) is 0 Å². The number of hydrogen-bond acceptors (Lipinski definition) is 4. The Kier molecular flexibility index (Phi) is 11.4. The summed E-state index contributed by atoms with van der Waals surface area (Å²) in [6.07, 6.45) is 0. The summed E-state index contributed by atoms with van der Waals surface area (Å²) >= 11 is 0. The Morgan fingerprint density at radius 2 is 1.14 bits per heavy atom. The van der Waals surface area contributed by atoms with E-state index in [4.69, 9.17) is 17.5 Å². The van der Waals surface area contributed by atoms with E-state index >= 15 is 0 Å². The van der Waals surface area contributed by atoms with Gasteiger partial charge in [0.2, 0.25) is 0 Å². The molecule has 0 rings (SSSR count). The smallest absolute Gasteiger partial charge is 0.759 e. The van der Waals surface area contributed by atoms with Crippen LogP contribution in [0.1, 0.15) is 0 Å². The van der Waals surface area contributed by atoms with Gasteiger partial charge in [0, 0.05) is 29.0 Å². The van der Waals surface area contributed by atoms with Crippen molar-refractivity contribution in [3.63, 3.8) is 0 Å². The van der Waals surface area contributed by atoms with Gasteiger partial charge in [-0.25, -0.2) is 0 Å². The van der Waals surface area contributed by atoms with Crippen molar-refractivity contribution >= 4 is 10.4 Å². The second-order valence-corrected chi connectivity index (χ2v) is 1.22. The van der Waals surface area contributed by atoms with Crippen LogP contribution in [0.4, 0.5) is 0 Å². The molecular formula is CoO4SV. The molecule has 0 fully saturated rings. The van der Waals surface area contributed by atoms with Crippen molar-refractivity contribution in [3.8, 4) is 0 Å². The van der Waals surface area contributed by atoms with Crippen LogP contribution in [0.25, 0.3) is 0 Å². The molecule has 0 N–H and O–H groups in total. The molecule has 0 aliphatic heterocycles. The van der Waals surface area contributed by atoms with Gasteiger partial charge in [0.1, 0.15) is 0 Å². The minimum Gasteiger partial charge on any atom is -0.759 e. The van der Waals surface area contributed by atoms with Crippen LogP contribution in [0.2, 0.25) is 0 Å². The molecule has 44 valence electrons. The van der Waals surface area contributed by atoms with E-state index in [1.54, 1.807) is 0 Å². The Morgan fingerprint density at radius 1 is 1.14 bits per heavy atom. The number of hydrogen-bond donors (Lipinski definition) is 0. The molecule has 0 unspecified atom stereocenters. The summed E-state index contributed by atoms with van der Waals surface area (Å²) in [6.45, 7) is 0. The minimum absolute atomic E-state index is 0. The summed E-state index contributed by atoms with van der Waals surface area (Å²) in [4.78, 5) is 0. The summed E-state index contributed by atoms with van der Waals surface area (Å²) in [5, 5.41) is 0. The molecule has 0 aliphatic carbocycles. The van der Waals surface area contributed by atoms with Crippen LogP contribution in [-0.4, -0.2) is 17.5 Å². The van der Waals surface area contributed by atoms with Crippen LogP contribution in [0, 0.1) is 0 Å². The molecule has 7 heteroatoms. The van der Waals surface area contributed by atoms with Crippen molar-refractivity contribution in [1.82, 2.24) is 0 Å². The molecule has 0 spiro atoms. The fourth-order valence-corrected chi connectivity index (χ4v) is 0. The van der Waals surface area contributed by atoms with E-state index < -0.39 is 10.4 Å². The maximum atomic E-state index is 8.52. The van der Waals surface area contributed by atoms with Gasteiger partial charge in [-0.15, -0.1) is 0 Å². The Hall–Kier alpha value is 0.961. The van der Waals surface area contributed by atoms with E-state index in [1.807, 2.05) is 0 Å². The van der Waals surface area contributed by atoms with Crippen molar-refractivity contribution in [3.05, 3.63) is 0 Å². The van der Waals surface area contributed by atoms with Crippen LogP contribution in [0.15, 0.2) is 0 Å². The van der Waals surface area contributed by atoms with Gasteiger partial charge in [-0.3, -0.25) is 8.42 Å². The summed E-state index contributed by atoms with van der Waals surface area (Å²) < 4.78 is 34.1. The van der Waals surface area contributed by atoms with E-state index in [1.165, 1.54) is 0 Å². The quantitative estimate of drug-likeness (QED) is 0.362. The van der Waals surface area contributed by atoms with Crippen LogP contribution < -0.4 is 0 Å². The Balaban J connectivity index is -0.0000000800. The van der Waals surface area contributed by atoms with Crippen molar-refractivity contribution in [1.29, 1.82) is 0 Å². The van der Waals surface area contributed by atoms with Gasteiger partial charge in [-0.05, 0) is 0 Å². The normalized spacial score (nSPS) is 8.29. The molecule has 0 saturated heterocycles. The molecular weight excluding hydrogens is 206 g/mol. The SMILES string of the molecule is O=S(=O)([O-])[O-].[Co+2].[V]. The van der Waals surface area contributed by atoms with E-state index in [9.17, 15) is 0 Å². The fourth-order valence-electron chi connectivity index (χ4n) is 0. The van der Waals surface area contributed by atoms with Gasteiger partial charge < -0.3 is 9.11 Å². The second kappa shape index (κ2) is 5.10. The zero-order valence-electron chi connectivity index (χ0n) is 2.82. The molecule has 7 heavy (non-hydrogen) atoms. The largest absolute Gasteiger partial charge is 2.00 e. The number of rotatable bonds is 0. The average Bonchev–Trinajstić information content (AvgIpc) is 0.722. The van der Waals surface area contributed by atoms with E-state index in [-0.39, 0.29) is 35.3 Å². The Morgan fingerprint density at radius 3 is 1.14 bits per heavy atom. The first-order valence-corrected chi connectivity index (χ1v) is 2.00. The summed E-state index contributed by atoms with van der Waals surface area (Å²) in [6, 6.07) is 0. The van der Waals surface area contributed by atoms with Crippen molar-refractivity contribution in [2.75, 3.05) is 0 Å². The third-order valence-electron chi connectivity index (χ3n) is 0. The topological polar surface area (TPSA) is 80.3 Å². The van der Waals surface area contributed by atoms with Gasteiger partial charge in [-0.1, -0.05) is 0 Å². The Labute approximate surface area is 63.3 Å². The maximum Gasteiger partial charge on any atom is 2.00 e. The predicted molar refractivity (Wildman–Crippen MR) is 10.5 cm³/mol.